The Hall–Kier alpha value is -2.85. The van der Waals surface area contributed by atoms with E-state index in [9.17, 15) is 0 Å². The topological polar surface area (TPSA) is 74.5 Å². The first-order valence-corrected chi connectivity index (χ1v) is 8.14. The van der Waals surface area contributed by atoms with Crippen LogP contribution in [0.5, 0.6) is 11.5 Å². The van der Waals surface area contributed by atoms with E-state index in [0.29, 0.717) is 5.69 Å². The van der Waals surface area contributed by atoms with Gasteiger partial charge in [-0.05, 0) is 18.2 Å². The number of hydrogen-bond acceptors (Lipinski definition) is 7. The SMILES string of the molecule is COc1ccc(OC)c(CN2CCN(c3cnc(C#N)cn3)CC2)c1. The monoisotopic (exact) mass is 339 g/mol. The molecule has 0 spiro atoms. The van der Waals surface area contributed by atoms with Crippen LogP contribution in [0.3, 0.4) is 0 Å². The van der Waals surface area contributed by atoms with Gasteiger partial charge in [-0.2, -0.15) is 5.26 Å². The smallest absolute Gasteiger partial charge is 0.158 e. The first-order chi connectivity index (χ1) is 12.2. The van der Waals surface area contributed by atoms with E-state index in [4.69, 9.17) is 14.7 Å². The van der Waals surface area contributed by atoms with E-state index in [1.54, 1.807) is 20.4 Å². The molecule has 0 amide bonds. The Morgan fingerprint density at radius 1 is 1.08 bits per heavy atom. The van der Waals surface area contributed by atoms with Crippen molar-refractivity contribution in [3.05, 3.63) is 41.9 Å². The van der Waals surface area contributed by atoms with Crippen molar-refractivity contribution in [1.29, 1.82) is 5.26 Å². The second-order valence-corrected chi connectivity index (χ2v) is 5.81. The summed E-state index contributed by atoms with van der Waals surface area (Å²) in [6, 6.07) is 7.86. The number of aromatic nitrogens is 2. The van der Waals surface area contributed by atoms with Gasteiger partial charge >= 0.3 is 0 Å². The molecule has 130 valence electrons. The van der Waals surface area contributed by atoms with Crippen molar-refractivity contribution in [3.8, 4) is 17.6 Å². The molecule has 0 atom stereocenters. The molecule has 25 heavy (non-hydrogen) atoms. The second-order valence-electron chi connectivity index (χ2n) is 5.81. The molecule has 0 N–H and O–H groups in total. The van der Waals surface area contributed by atoms with E-state index >= 15 is 0 Å². The fourth-order valence-corrected chi connectivity index (χ4v) is 2.92. The highest BCUT2D eigenvalue weighted by atomic mass is 16.5. The highest BCUT2D eigenvalue weighted by Crippen LogP contribution is 2.26. The predicted molar refractivity (Wildman–Crippen MR) is 93.8 cm³/mol. The number of piperazine rings is 1. The lowest BCUT2D eigenvalue weighted by Crippen LogP contribution is -2.46. The van der Waals surface area contributed by atoms with Crippen molar-refractivity contribution in [2.75, 3.05) is 45.3 Å². The summed E-state index contributed by atoms with van der Waals surface area (Å²) in [6.45, 7) is 4.39. The summed E-state index contributed by atoms with van der Waals surface area (Å²) in [6.07, 6.45) is 3.18. The number of hydrogen-bond donors (Lipinski definition) is 0. The molecule has 7 nitrogen and oxygen atoms in total. The third-order valence-electron chi connectivity index (χ3n) is 4.33. The molecule has 2 heterocycles. The van der Waals surface area contributed by atoms with Crippen molar-refractivity contribution in [2.24, 2.45) is 0 Å². The molecule has 0 bridgehead atoms. The van der Waals surface area contributed by atoms with Gasteiger partial charge in [-0.1, -0.05) is 0 Å². The molecule has 0 aliphatic carbocycles. The molecule has 0 saturated carbocycles. The van der Waals surface area contributed by atoms with Gasteiger partial charge in [0.1, 0.15) is 23.4 Å². The van der Waals surface area contributed by atoms with Crippen molar-refractivity contribution in [3.63, 3.8) is 0 Å². The Bertz CT molecular complexity index is 749. The molecular formula is C18H21N5O2. The highest BCUT2D eigenvalue weighted by Gasteiger charge is 2.19. The van der Waals surface area contributed by atoms with E-state index < -0.39 is 0 Å². The number of nitriles is 1. The Morgan fingerprint density at radius 3 is 2.48 bits per heavy atom. The maximum Gasteiger partial charge on any atom is 0.158 e. The fraction of sp³-hybridized carbons (Fsp3) is 0.389. The number of anilines is 1. The quantitative estimate of drug-likeness (QED) is 0.820. The first-order valence-electron chi connectivity index (χ1n) is 8.14. The summed E-state index contributed by atoms with van der Waals surface area (Å²) >= 11 is 0. The minimum atomic E-state index is 0.340. The Morgan fingerprint density at radius 2 is 1.88 bits per heavy atom. The minimum Gasteiger partial charge on any atom is -0.497 e. The van der Waals surface area contributed by atoms with Gasteiger partial charge < -0.3 is 14.4 Å². The zero-order valence-electron chi connectivity index (χ0n) is 14.5. The van der Waals surface area contributed by atoms with Crippen molar-refractivity contribution < 1.29 is 9.47 Å². The van der Waals surface area contributed by atoms with Crippen molar-refractivity contribution in [2.45, 2.75) is 6.54 Å². The number of benzene rings is 1. The summed E-state index contributed by atoms with van der Waals surface area (Å²) in [7, 11) is 3.36. The molecule has 7 heteroatoms. The summed E-state index contributed by atoms with van der Waals surface area (Å²) in [5.41, 5.74) is 1.46. The number of rotatable bonds is 5. The number of nitrogens with zero attached hydrogens (tertiary/aromatic N) is 5. The van der Waals surface area contributed by atoms with Gasteiger partial charge in [-0.3, -0.25) is 4.90 Å². The third kappa shape index (κ3) is 3.98. The fourth-order valence-electron chi connectivity index (χ4n) is 2.92. The average molecular weight is 339 g/mol. The first kappa shape index (κ1) is 17.0. The molecule has 1 aromatic heterocycles. The lowest BCUT2D eigenvalue weighted by Gasteiger charge is -2.35. The van der Waals surface area contributed by atoms with Crippen molar-refractivity contribution >= 4 is 5.82 Å². The van der Waals surface area contributed by atoms with Crippen LogP contribution >= 0.6 is 0 Å². The van der Waals surface area contributed by atoms with Crippen LogP contribution in [-0.2, 0) is 6.54 Å². The molecule has 3 rings (SSSR count). The van der Waals surface area contributed by atoms with E-state index in [1.807, 2.05) is 24.3 Å². The molecule has 1 aliphatic rings. The van der Waals surface area contributed by atoms with Gasteiger partial charge in [0.05, 0.1) is 26.6 Å². The van der Waals surface area contributed by atoms with Crippen LogP contribution in [-0.4, -0.2) is 55.3 Å². The number of ether oxygens (including phenoxy) is 2. The Labute approximate surface area is 147 Å². The molecular weight excluding hydrogens is 318 g/mol. The lowest BCUT2D eigenvalue weighted by molar-refractivity contribution is 0.245. The molecule has 1 fully saturated rings. The molecule has 1 saturated heterocycles. The molecule has 0 radical (unpaired) electrons. The van der Waals surface area contributed by atoms with E-state index in [1.165, 1.54) is 6.20 Å². The van der Waals surface area contributed by atoms with Crippen LogP contribution in [0.2, 0.25) is 0 Å². The van der Waals surface area contributed by atoms with Gasteiger partial charge in [-0.25, -0.2) is 9.97 Å². The molecule has 2 aromatic rings. The van der Waals surface area contributed by atoms with Gasteiger partial charge in [0, 0.05) is 38.3 Å². The van der Waals surface area contributed by atoms with Gasteiger partial charge in [-0.15, -0.1) is 0 Å². The molecule has 1 aliphatic heterocycles. The second kappa shape index (κ2) is 7.81. The van der Waals surface area contributed by atoms with E-state index in [0.717, 1.165) is 55.6 Å². The number of methoxy groups -OCH3 is 2. The van der Waals surface area contributed by atoms with Crippen molar-refractivity contribution in [1.82, 2.24) is 14.9 Å². The Balaban J connectivity index is 1.62. The van der Waals surface area contributed by atoms with Crippen LogP contribution in [0.4, 0.5) is 5.82 Å². The average Bonchev–Trinajstić information content (AvgIpc) is 2.68. The van der Waals surface area contributed by atoms with Crippen LogP contribution < -0.4 is 14.4 Å². The van der Waals surface area contributed by atoms with E-state index in [2.05, 4.69) is 19.8 Å². The zero-order valence-corrected chi connectivity index (χ0v) is 14.5. The predicted octanol–water partition coefficient (Wildman–Crippen LogP) is 1.69. The lowest BCUT2D eigenvalue weighted by atomic mass is 10.1. The maximum absolute atomic E-state index is 8.80. The summed E-state index contributed by atoms with van der Waals surface area (Å²) < 4.78 is 10.8. The molecule has 0 unspecified atom stereocenters. The minimum absolute atomic E-state index is 0.340. The van der Waals surface area contributed by atoms with Gasteiger partial charge in [0.2, 0.25) is 0 Å². The maximum atomic E-state index is 8.80. The van der Waals surface area contributed by atoms with Crippen LogP contribution in [0.25, 0.3) is 0 Å². The standard InChI is InChI=1S/C18H21N5O2/c1-24-16-3-4-17(25-2)14(9-16)13-22-5-7-23(8-6-22)18-12-20-15(10-19)11-21-18/h3-4,9,11-12H,5-8,13H2,1-2H3. The highest BCUT2D eigenvalue weighted by molar-refractivity contribution is 5.41. The van der Waals surface area contributed by atoms with Gasteiger partial charge in [0.25, 0.3) is 0 Å². The van der Waals surface area contributed by atoms with E-state index in [-0.39, 0.29) is 0 Å². The van der Waals surface area contributed by atoms with Crippen LogP contribution in [0.1, 0.15) is 11.3 Å². The largest absolute Gasteiger partial charge is 0.497 e. The Kier molecular flexibility index (Phi) is 5.31. The molecule has 1 aromatic carbocycles. The third-order valence-corrected chi connectivity index (χ3v) is 4.33. The zero-order chi connectivity index (χ0) is 17.6. The normalized spacial score (nSPS) is 14.8. The summed E-state index contributed by atoms with van der Waals surface area (Å²) in [5.74, 6) is 2.53. The van der Waals surface area contributed by atoms with Crippen LogP contribution in [0.15, 0.2) is 30.6 Å². The summed E-state index contributed by atoms with van der Waals surface area (Å²) in [4.78, 5) is 13.0. The summed E-state index contributed by atoms with van der Waals surface area (Å²) in [5, 5.41) is 8.80. The van der Waals surface area contributed by atoms with Gasteiger partial charge in [0.15, 0.2) is 5.69 Å². The van der Waals surface area contributed by atoms with Crippen LogP contribution in [0, 0.1) is 11.3 Å².